The smallest absolute Gasteiger partial charge is 0.216 e. The predicted molar refractivity (Wildman–Crippen MR) is 54.3 cm³/mol. The second-order valence-electron chi connectivity index (χ2n) is 6.55. The van der Waals surface area contributed by atoms with Crippen LogP contribution in [0.4, 0.5) is 0 Å². The van der Waals surface area contributed by atoms with E-state index in [-0.39, 0.29) is 0 Å². The molecule has 4 saturated carbocycles. The fraction of sp³-hybridized carbons (Fsp3) is 1.00. The highest BCUT2D eigenvalue weighted by Crippen LogP contribution is 2.78. The summed E-state index contributed by atoms with van der Waals surface area (Å²) in [5, 5.41) is 6.27. The quantitative estimate of drug-likeness (QED) is 0.653. The molecular weight excluding hydrogens is 222 g/mol. The zero-order valence-corrected chi connectivity index (χ0v) is 9.93. The summed E-state index contributed by atoms with van der Waals surface area (Å²) in [4.78, 5) is 15.9. The standard InChI is InChI=1S/C12H17NO4/c1-14-13-12(15-17-16-13)9-3-7-2-8-4-10(12)6-11(7,8)5-9/h7-10H,2-6H2,1H3. The third-order valence-corrected chi connectivity index (χ3v) is 6.47. The van der Waals surface area contributed by atoms with Gasteiger partial charge in [0.25, 0.3) is 0 Å². The Balaban J connectivity index is 1.63. The highest BCUT2D eigenvalue weighted by molar-refractivity contribution is 5.21. The summed E-state index contributed by atoms with van der Waals surface area (Å²) in [5.74, 6) is 2.84. The second-order valence-corrected chi connectivity index (χ2v) is 6.55. The molecule has 0 N–H and O–H groups in total. The Morgan fingerprint density at radius 3 is 2.35 bits per heavy atom. The van der Waals surface area contributed by atoms with Crippen LogP contribution >= 0.6 is 0 Å². The van der Waals surface area contributed by atoms with E-state index in [0.29, 0.717) is 17.3 Å². The van der Waals surface area contributed by atoms with Crippen LogP contribution in [0.25, 0.3) is 0 Å². The molecule has 0 aromatic rings. The molecule has 4 atom stereocenters. The van der Waals surface area contributed by atoms with Crippen LogP contribution in [-0.2, 0) is 19.8 Å². The maximum Gasteiger partial charge on any atom is 0.216 e. The third-order valence-electron chi connectivity index (χ3n) is 6.47. The lowest BCUT2D eigenvalue weighted by molar-refractivity contribution is -0.533. The van der Waals surface area contributed by atoms with Crippen LogP contribution in [0.2, 0.25) is 0 Å². The van der Waals surface area contributed by atoms with Gasteiger partial charge in [-0.1, -0.05) is 4.99 Å². The molecule has 94 valence electrons. The number of hydrogen-bond donors (Lipinski definition) is 0. The number of nitrogens with zero attached hydrogens (tertiary/aromatic N) is 1. The largest absolute Gasteiger partial charge is 0.273 e. The lowest BCUT2D eigenvalue weighted by Crippen LogP contribution is -2.56. The van der Waals surface area contributed by atoms with E-state index in [1.54, 1.807) is 7.11 Å². The van der Waals surface area contributed by atoms with Gasteiger partial charge in [0.15, 0.2) is 0 Å². The molecule has 0 aromatic heterocycles. The van der Waals surface area contributed by atoms with Gasteiger partial charge in [-0.15, -0.1) is 0 Å². The van der Waals surface area contributed by atoms with Crippen molar-refractivity contribution in [3.63, 3.8) is 0 Å². The van der Waals surface area contributed by atoms with Crippen molar-refractivity contribution < 1.29 is 19.8 Å². The van der Waals surface area contributed by atoms with E-state index < -0.39 is 5.72 Å². The van der Waals surface area contributed by atoms with E-state index in [1.807, 2.05) is 0 Å². The summed E-state index contributed by atoms with van der Waals surface area (Å²) in [6.45, 7) is 0. The molecule has 5 nitrogen and oxygen atoms in total. The van der Waals surface area contributed by atoms with E-state index in [4.69, 9.17) is 19.8 Å². The van der Waals surface area contributed by atoms with Gasteiger partial charge in [0.1, 0.15) is 0 Å². The van der Waals surface area contributed by atoms with Gasteiger partial charge in [0.05, 0.1) is 7.11 Å². The zero-order chi connectivity index (χ0) is 11.3. The first-order valence-electron chi connectivity index (χ1n) is 6.66. The number of fused-ring (bicyclic) bond motifs is 4. The van der Waals surface area contributed by atoms with E-state index in [9.17, 15) is 0 Å². The monoisotopic (exact) mass is 239 g/mol. The van der Waals surface area contributed by atoms with E-state index >= 15 is 0 Å². The van der Waals surface area contributed by atoms with Crippen molar-refractivity contribution >= 4 is 0 Å². The Bertz CT molecular complexity index is 363. The van der Waals surface area contributed by atoms with Crippen molar-refractivity contribution in [3.05, 3.63) is 0 Å². The molecule has 0 aromatic carbocycles. The lowest BCUT2D eigenvalue weighted by atomic mass is 9.56. The molecular formula is C12H17NO4. The average Bonchev–Trinajstić information content (AvgIpc) is 2.92. The molecule has 1 heterocycles. The summed E-state index contributed by atoms with van der Waals surface area (Å²) in [5.41, 5.74) is 0.189. The van der Waals surface area contributed by atoms with Gasteiger partial charge in [-0.05, 0) is 54.4 Å². The summed E-state index contributed by atoms with van der Waals surface area (Å²) >= 11 is 0. The van der Waals surface area contributed by atoms with Crippen molar-refractivity contribution in [2.24, 2.45) is 29.1 Å². The number of hydroxylamine groups is 2. The number of rotatable bonds is 1. The maximum atomic E-state index is 5.59. The van der Waals surface area contributed by atoms with Crippen molar-refractivity contribution in [1.29, 1.82) is 0 Å². The fourth-order valence-corrected chi connectivity index (χ4v) is 5.93. The predicted octanol–water partition coefficient (Wildman–Crippen LogP) is 1.81. The van der Waals surface area contributed by atoms with Crippen molar-refractivity contribution in [2.75, 3.05) is 7.11 Å². The van der Waals surface area contributed by atoms with Gasteiger partial charge in [-0.3, -0.25) is 4.84 Å². The van der Waals surface area contributed by atoms with Gasteiger partial charge in [-0.2, -0.15) is 4.89 Å². The van der Waals surface area contributed by atoms with Crippen LogP contribution in [0.5, 0.6) is 0 Å². The first-order valence-corrected chi connectivity index (χ1v) is 6.66. The summed E-state index contributed by atoms with van der Waals surface area (Å²) < 4.78 is 0. The first kappa shape index (κ1) is 9.69. The van der Waals surface area contributed by atoms with E-state index in [0.717, 1.165) is 11.8 Å². The molecule has 4 unspecified atom stereocenters. The second kappa shape index (κ2) is 2.70. The summed E-state index contributed by atoms with van der Waals surface area (Å²) in [6.07, 6.45) is 6.48. The van der Waals surface area contributed by atoms with Gasteiger partial charge in [-0.25, -0.2) is 0 Å². The van der Waals surface area contributed by atoms with Crippen LogP contribution in [0.15, 0.2) is 0 Å². The first-order chi connectivity index (χ1) is 8.29. The highest BCUT2D eigenvalue weighted by atomic mass is 17.6. The van der Waals surface area contributed by atoms with Crippen LogP contribution in [0, 0.1) is 29.1 Å². The van der Waals surface area contributed by atoms with Crippen LogP contribution in [0.1, 0.15) is 32.1 Å². The Morgan fingerprint density at radius 2 is 1.71 bits per heavy atom. The highest BCUT2D eigenvalue weighted by Gasteiger charge is 2.77. The average molecular weight is 239 g/mol. The Morgan fingerprint density at radius 1 is 1.06 bits per heavy atom. The molecule has 5 aliphatic rings. The normalized spacial score (nSPS) is 63.4. The lowest BCUT2D eigenvalue weighted by Gasteiger charge is -2.49. The molecule has 1 saturated heterocycles. The molecule has 0 amide bonds. The van der Waals surface area contributed by atoms with Crippen LogP contribution in [-0.4, -0.2) is 18.1 Å². The molecule has 17 heavy (non-hydrogen) atoms. The summed E-state index contributed by atoms with van der Waals surface area (Å²) in [6, 6.07) is 0. The van der Waals surface area contributed by atoms with Crippen LogP contribution < -0.4 is 0 Å². The maximum absolute atomic E-state index is 5.59. The van der Waals surface area contributed by atoms with Gasteiger partial charge < -0.3 is 0 Å². The Labute approximate surface area is 99.7 Å². The molecule has 5 fully saturated rings. The minimum absolute atomic E-state index is 0.470. The molecule has 4 aliphatic carbocycles. The minimum Gasteiger partial charge on any atom is -0.273 e. The fourth-order valence-electron chi connectivity index (χ4n) is 5.93. The van der Waals surface area contributed by atoms with Crippen molar-refractivity contribution in [3.8, 4) is 0 Å². The molecule has 2 spiro atoms. The van der Waals surface area contributed by atoms with Crippen LogP contribution in [0.3, 0.4) is 0 Å². The molecule has 5 rings (SSSR count). The molecule has 0 radical (unpaired) electrons. The molecule has 1 aliphatic heterocycles. The Hall–Kier alpha value is -0.200. The van der Waals surface area contributed by atoms with Gasteiger partial charge in [0.2, 0.25) is 5.72 Å². The van der Waals surface area contributed by atoms with E-state index in [1.165, 1.54) is 37.3 Å². The summed E-state index contributed by atoms with van der Waals surface area (Å²) in [7, 11) is 1.62. The zero-order valence-electron chi connectivity index (χ0n) is 9.93. The SMILES string of the molecule is CON1OOOC12C1CC3CC4CC2CC34C1. The van der Waals surface area contributed by atoms with Gasteiger partial charge in [0, 0.05) is 17.1 Å². The third kappa shape index (κ3) is 0.814. The van der Waals surface area contributed by atoms with E-state index in [2.05, 4.69) is 0 Å². The molecule has 3 bridgehead atoms. The van der Waals surface area contributed by atoms with Crippen molar-refractivity contribution in [2.45, 2.75) is 37.8 Å². The minimum atomic E-state index is -0.470. The topological polar surface area (TPSA) is 40.2 Å². The molecule has 5 heteroatoms. The van der Waals surface area contributed by atoms with Crippen molar-refractivity contribution in [1.82, 2.24) is 5.23 Å². The van der Waals surface area contributed by atoms with Gasteiger partial charge >= 0.3 is 0 Å². The number of hydrogen-bond acceptors (Lipinski definition) is 5. The Kier molecular flexibility index (Phi) is 1.54.